The summed E-state index contributed by atoms with van der Waals surface area (Å²) in [5.41, 5.74) is 1.17. The third-order valence-corrected chi connectivity index (χ3v) is 3.56. The molecule has 0 aliphatic rings. The zero-order valence-electron chi connectivity index (χ0n) is 12.0. The van der Waals surface area contributed by atoms with Gasteiger partial charge in [0.05, 0.1) is 6.04 Å². The Morgan fingerprint density at radius 1 is 1.11 bits per heavy atom. The predicted octanol–water partition coefficient (Wildman–Crippen LogP) is 4.92. The molecule has 0 N–H and O–H groups in total. The van der Waals surface area contributed by atoms with Gasteiger partial charge in [0.1, 0.15) is 0 Å². The van der Waals surface area contributed by atoms with Crippen LogP contribution in [0.4, 0.5) is 0 Å². The van der Waals surface area contributed by atoms with Gasteiger partial charge in [-0.2, -0.15) is 0 Å². The highest BCUT2D eigenvalue weighted by atomic mass is 35.5. The smallest absolute Gasteiger partial charge is 0.0968 e. The van der Waals surface area contributed by atoms with E-state index >= 15 is 0 Å². The monoisotopic (exact) mass is 277 g/mol. The number of nitrogens with zero attached hydrogens (tertiary/aromatic N) is 1. The van der Waals surface area contributed by atoms with Crippen LogP contribution in [-0.4, -0.2) is 18.0 Å². The lowest BCUT2D eigenvalue weighted by atomic mass is 10.0. The Bertz CT molecular complexity index is 383. The molecule has 1 rings (SSSR count). The molecule has 0 bridgehead atoms. The summed E-state index contributed by atoms with van der Waals surface area (Å²) in [6, 6.07) is 7.98. The van der Waals surface area contributed by atoms with Crippen LogP contribution in [0.5, 0.6) is 0 Å². The molecule has 1 nitrogen and oxygen atoms in total. The quantitative estimate of drug-likeness (QED) is 0.610. The molecular weight excluding hydrogens is 254 g/mol. The van der Waals surface area contributed by atoms with E-state index < -0.39 is 0 Å². The Balaban J connectivity index is 2.82. The average molecular weight is 278 g/mol. The van der Waals surface area contributed by atoms with E-state index in [1.165, 1.54) is 31.2 Å². The van der Waals surface area contributed by atoms with Crippen molar-refractivity contribution < 1.29 is 0 Å². The summed E-state index contributed by atoms with van der Waals surface area (Å²) in [5.74, 6) is 2.94. The molecule has 0 radical (unpaired) electrons. The molecule has 0 fully saturated rings. The van der Waals surface area contributed by atoms with Gasteiger partial charge in [0, 0.05) is 5.02 Å². The number of benzene rings is 1. The highest BCUT2D eigenvalue weighted by Crippen LogP contribution is 2.22. The number of hydrogen-bond donors (Lipinski definition) is 0. The van der Waals surface area contributed by atoms with Crippen LogP contribution in [0.3, 0.4) is 0 Å². The Labute approximate surface area is 123 Å². The van der Waals surface area contributed by atoms with Crippen LogP contribution in [0.2, 0.25) is 5.02 Å². The molecule has 1 aromatic carbocycles. The highest BCUT2D eigenvalue weighted by molar-refractivity contribution is 6.30. The van der Waals surface area contributed by atoms with Gasteiger partial charge in [0.15, 0.2) is 0 Å². The summed E-state index contributed by atoms with van der Waals surface area (Å²) < 4.78 is 0. The zero-order chi connectivity index (χ0) is 14.1. The van der Waals surface area contributed by atoms with Crippen molar-refractivity contribution in [3.63, 3.8) is 0 Å². The van der Waals surface area contributed by atoms with Gasteiger partial charge in [-0.1, -0.05) is 56.3 Å². The SMILES string of the molecule is C#CC(c1ccc(Cl)cc1)N(CCCC)CCCC. The molecule has 19 heavy (non-hydrogen) atoms. The van der Waals surface area contributed by atoms with Gasteiger partial charge in [-0.05, 0) is 43.6 Å². The standard InChI is InChI=1S/C17H24ClN/c1-4-7-13-19(14-8-5-2)17(6-3)15-9-11-16(18)12-10-15/h3,9-12,17H,4-5,7-8,13-14H2,1-2H3. The molecule has 0 aromatic heterocycles. The minimum absolute atomic E-state index is 0.0652. The number of terminal acetylenes is 1. The van der Waals surface area contributed by atoms with Crippen molar-refractivity contribution in [2.45, 2.75) is 45.6 Å². The lowest BCUT2D eigenvalue weighted by molar-refractivity contribution is 0.230. The van der Waals surface area contributed by atoms with Crippen molar-refractivity contribution in [2.75, 3.05) is 13.1 Å². The molecule has 0 aliphatic heterocycles. The molecular formula is C17H24ClN. The normalized spacial score (nSPS) is 12.4. The first kappa shape index (κ1) is 16.1. The minimum Gasteiger partial charge on any atom is -0.286 e. The van der Waals surface area contributed by atoms with E-state index in [9.17, 15) is 0 Å². The van der Waals surface area contributed by atoms with Gasteiger partial charge < -0.3 is 0 Å². The van der Waals surface area contributed by atoms with Gasteiger partial charge in [0.2, 0.25) is 0 Å². The first-order valence-electron chi connectivity index (χ1n) is 7.18. The lowest BCUT2D eigenvalue weighted by Gasteiger charge is -2.28. The zero-order valence-corrected chi connectivity index (χ0v) is 12.8. The Morgan fingerprint density at radius 3 is 2.05 bits per heavy atom. The maximum atomic E-state index is 5.94. The van der Waals surface area contributed by atoms with Gasteiger partial charge in [-0.15, -0.1) is 6.42 Å². The third-order valence-electron chi connectivity index (χ3n) is 3.31. The molecule has 2 heteroatoms. The van der Waals surface area contributed by atoms with Crippen LogP contribution in [0.25, 0.3) is 0 Å². The van der Waals surface area contributed by atoms with Crippen molar-refractivity contribution in [3.05, 3.63) is 34.9 Å². The maximum absolute atomic E-state index is 5.94. The number of rotatable bonds is 8. The van der Waals surface area contributed by atoms with Crippen molar-refractivity contribution in [2.24, 2.45) is 0 Å². The van der Waals surface area contributed by atoms with Crippen LogP contribution in [0.15, 0.2) is 24.3 Å². The van der Waals surface area contributed by atoms with E-state index in [1.54, 1.807) is 0 Å². The fourth-order valence-corrected chi connectivity index (χ4v) is 2.28. The molecule has 0 amide bonds. The van der Waals surface area contributed by atoms with Crippen LogP contribution in [0.1, 0.15) is 51.1 Å². The number of hydrogen-bond acceptors (Lipinski definition) is 1. The molecule has 0 spiro atoms. The van der Waals surface area contributed by atoms with Gasteiger partial charge >= 0.3 is 0 Å². The van der Waals surface area contributed by atoms with E-state index in [-0.39, 0.29) is 6.04 Å². The summed E-state index contributed by atoms with van der Waals surface area (Å²) in [4.78, 5) is 2.41. The summed E-state index contributed by atoms with van der Waals surface area (Å²) >= 11 is 5.94. The Hall–Kier alpha value is -0.970. The summed E-state index contributed by atoms with van der Waals surface area (Å²) in [7, 11) is 0. The fraction of sp³-hybridized carbons (Fsp3) is 0.529. The van der Waals surface area contributed by atoms with E-state index in [1.807, 2.05) is 24.3 Å². The van der Waals surface area contributed by atoms with Gasteiger partial charge in [-0.3, -0.25) is 4.90 Å². The molecule has 1 atom stereocenters. The second-order valence-corrected chi connectivity index (χ2v) is 5.30. The van der Waals surface area contributed by atoms with Gasteiger partial charge in [0.25, 0.3) is 0 Å². The van der Waals surface area contributed by atoms with Crippen LogP contribution in [0, 0.1) is 12.3 Å². The van der Waals surface area contributed by atoms with E-state index in [0.717, 1.165) is 18.1 Å². The lowest BCUT2D eigenvalue weighted by Crippen LogP contribution is -2.30. The van der Waals surface area contributed by atoms with Gasteiger partial charge in [-0.25, -0.2) is 0 Å². The molecule has 0 saturated carbocycles. The van der Waals surface area contributed by atoms with Crippen molar-refractivity contribution >= 4 is 11.6 Å². The topological polar surface area (TPSA) is 3.24 Å². The van der Waals surface area contributed by atoms with Crippen LogP contribution in [-0.2, 0) is 0 Å². The van der Waals surface area contributed by atoms with Crippen molar-refractivity contribution in [3.8, 4) is 12.3 Å². The Morgan fingerprint density at radius 2 is 1.63 bits per heavy atom. The van der Waals surface area contributed by atoms with Crippen LogP contribution >= 0.6 is 11.6 Å². The van der Waals surface area contributed by atoms with E-state index in [4.69, 9.17) is 18.0 Å². The minimum atomic E-state index is 0.0652. The highest BCUT2D eigenvalue weighted by Gasteiger charge is 2.17. The summed E-state index contributed by atoms with van der Waals surface area (Å²) in [6.07, 6.45) is 10.5. The molecule has 1 aromatic rings. The Kier molecular flexibility index (Phi) is 7.63. The summed E-state index contributed by atoms with van der Waals surface area (Å²) in [5, 5.41) is 0.758. The number of halogens is 1. The van der Waals surface area contributed by atoms with Crippen molar-refractivity contribution in [1.29, 1.82) is 0 Å². The predicted molar refractivity (Wildman–Crippen MR) is 84.4 cm³/mol. The molecule has 0 aliphatic carbocycles. The number of unbranched alkanes of at least 4 members (excludes halogenated alkanes) is 2. The second-order valence-electron chi connectivity index (χ2n) is 4.86. The van der Waals surface area contributed by atoms with Crippen molar-refractivity contribution in [1.82, 2.24) is 4.90 Å². The largest absolute Gasteiger partial charge is 0.286 e. The van der Waals surface area contributed by atoms with Crippen LogP contribution < -0.4 is 0 Å². The third kappa shape index (κ3) is 5.27. The van der Waals surface area contributed by atoms with E-state index in [0.29, 0.717) is 0 Å². The first-order chi connectivity index (χ1) is 9.22. The molecule has 104 valence electrons. The summed E-state index contributed by atoms with van der Waals surface area (Å²) in [6.45, 7) is 6.55. The first-order valence-corrected chi connectivity index (χ1v) is 7.56. The second kappa shape index (κ2) is 9.02. The van der Waals surface area contributed by atoms with E-state index in [2.05, 4.69) is 24.7 Å². The average Bonchev–Trinajstić information content (AvgIpc) is 2.43. The fourth-order valence-electron chi connectivity index (χ4n) is 2.15. The maximum Gasteiger partial charge on any atom is 0.0968 e. The molecule has 0 heterocycles. The molecule has 1 unspecified atom stereocenters. The molecule has 0 saturated heterocycles.